The molecule has 0 amide bonds. The summed E-state index contributed by atoms with van der Waals surface area (Å²) >= 11 is 0. The minimum Gasteiger partial charge on any atom is -0.493 e. The molecule has 0 saturated heterocycles. The quantitative estimate of drug-likeness (QED) is 0.745. The molecular formula is C18H16N2O2. The lowest BCUT2D eigenvalue weighted by Crippen LogP contribution is -2.21. The minimum absolute atomic E-state index is 0.0232. The van der Waals surface area contributed by atoms with Crippen molar-refractivity contribution in [2.75, 3.05) is 6.61 Å². The van der Waals surface area contributed by atoms with E-state index in [4.69, 9.17) is 4.74 Å². The number of rotatable bonds is 3. The summed E-state index contributed by atoms with van der Waals surface area (Å²) in [6, 6.07) is 13.7. The van der Waals surface area contributed by atoms with Gasteiger partial charge < -0.3 is 4.74 Å². The van der Waals surface area contributed by atoms with Crippen LogP contribution in [0.2, 0.25) is 0 Å². The first kappa shape index (κ1) is 13.1. The maximum atomic E-state index is 12.4. The topological polar surface area (TPSA) is 44.1 Å². The van der Waals surface area contributed by atoms with E-state index in [1.807, 2.05) is 30.3 Å². The van der Waals surface area contributed by atoms with E-state index in [2.05, 4.69) is 17.1 Å². The molecule has 0 aliphatic carbocycles. The average Bonchev–Trinajstić information content (AvgIpc) is 3.02. The van der Waals surface area contributed by atoms with Crippen LogP contribution in [0.25, 0.3) is 10.9 Å². The molecule has 0 fully saturated rings. The van der Waals surface area contributed by atoms with Crippen molar-refractivity contribution in [2.24, 2.45) is 0 Å². The Kier molecular flexibility index (Phi) is 3.15. The molecule has 4 rings (SSSR count). The van der Waals surface area contributed by atoms with Gasteiger partial charge in [-0.2, -0.15) is 0 Å². The van der Waals surface area contributed by atoms with E-state index in [1.54, 1.807) is 10.9 Å². The molecule has 4 heteroatoms. The Morgan fingerprint density at radius 2 is 2.09 bits per heavy atom. The number of para-hydroxylation sites is 1. The number of aryl methyl sites for hydroxylation is 2. The van der Waals surface area contributed by atoms with Crippen molar-refractivity contribution >= 4 is 10.9 Å². The molecule has 0 spiro atoms. The summed E-state index contributed by atoms with van der Waals surface area (Å²) < 4.78 is 7.20. The van der Waals surface area contributed by atoms with Gasteiger partial charge in [0.05, 0.1) is 23.8 Å². The smallest absolute Gasteiger partial charge is 0.261 e. The monoisotopic (exact) mass is 292 g/mol. The van der Waals surface area contributed by atoms with Crippen molar-refractivity contribution in [3.05, 3.63) is 70.3 Å². The van der Waals surface area contributed by atoms with Gasteiger partial charge >= 0.3 is 0 Å². The zero-order valence-corrected chi connectivity index (χ0v) is 12.2. The molecule has 0 atom stereocenters. The Hall–Kier alpha value is -2.62. The highest BCUT2D eigenvalue weighted by Gasteiger charge is 2.12. The molecule has 2 aromatic carbocycles. The van der Waals surface area contributed by atoms with E-state index >= 15 is 0 Å². The van der Waals surface area contributed by atoms with Gasteiger partial charge in [0, 0.05) is 13.0 Å². The van der Waals surface area contributed by atoms with Crippen LogP contribution in [-0.4, -0.2) is 16.2 Å². The van der Waals surface area contributed by atoms with E-state index in [9.17, 15) is 4.79 Å². The van der Waals surface area contributed by atoms with Crippen molar-refractivity contribution in [1.29, 1.82) is 0 Å². The Bertz CT molecular complexity index is 899. The van der Waals surface area contributed by atoms with Crippen LogP contribution in [0.3, 0.4) is 0 Å². The van der Waals surface area contributed by atoms with Gasteiger partial charge in [-0.15, -0.1) is 0 Å². The minimum atomic E-state index is 0.0232. The molecule has 22 heavy (non-hydrogen) atoms. The molecule has 1 aliphatic rings. The van der Waals surface area contributed by atoms with Crippen LogP contribution in [0.15, 0.2) is 53.6 Å². The number of fused-ring (bicyclic) bond motifs is 2. The van der Waals surface area contributed by atoms with Gasteiger partial charge in [-0.3, -0.25) is 9.36 Å². The van der Waals surface area contributed by atoms with Gasteiger partial charge in [-0.1, -0.05) is 24.3 Å². The molecule has 0 radical (unpaired) electrons. The van der Waals surface area contributed by atoms with Gasteiger partial charge in [0.15, 0.2) is 0 Å². The van der Waals surface area contributed by atoms with Crippen molar-refractivity contribution < 1.29 is 4.74 Å². The predicted octanol–water partition coefficient (Wildman–Crippen LogP) is 2.57. The van der Waals surface area contributed by atoms with Gasteiger partial charge in [0.25, 0.3) is 5.56 Å². The van der Waals surface area contributed by atoms with E-state index < -0.39 is 0 Å². The summed E-state index contributed by atoms with van der Waals surface area (Å²) in [4.78, 5) is 16.8. The normalized spacial score (nSPS) is 13.1. The Labute approximate surface area is 128 Å². The highest BCUT2D eigenvalue weighted by molar-refractivity contribution is 5.76. The van der Waals surface area contributed by atoms with Crippen LogP contribution in [0.1, 0.15) is 11.1 Å². The molecule has 1 aromatic heterocycles. The van der Waals surface area contributed by atoms with E-state index in [0.29, 0.717) is 11.9 Å². The van der Waals surface area contributed by atoms with Gasteiger partial charge in [0.2, 0.25) is 0 Å². The Balaban J connectivity index is 1.59. The van der Waals surface area contributed by atoms with Gasteiger partial charge in [-0.05, 0) is 35.7 Å². The second-order valence-electron chi connectivity index (χ2n) is 5.55. The van der Waals surface area contributed by atoms with Crippen LogP contribution in [0.5, 0.6) is 5.75 Å². The van der Waals surface area contributed by atoms with Crippen molar-refractivity contribution in [3.8, 4) is 5.75 Å². The molecule has 0 N–H and O–H groups in total. The fraction of sp³-hybridized carbons (Fsp3) is 0.222. The molecule has 4 nitrogen and oxygen atoms in total. The maximum Gasteiger partial charge on any atom is 0.261 e. The highest BCUT2D eigenvalue weighted by Crippen LogP contribution is 2.26. The number of benzene rings is 2. The molecule has 110 valence electrons. The largest absolute Gasteiger partial charge is 0.493 e. The van der Waals surface area contributed by atoms with Crippen molar-refractivity contribution in [2.45, 2.75) is 19.4 Å². The number of hydrogen-bond acceptors (Lipinski definition) is 3. The summed E-state index contributed by atoms with van der Waals surface area (Å²) in [6.07, 6.45) is 3.43. The number of hydrogen-bond donors (Lipinski definition) is 0. The number of aromatic nitrogens is 2. The first-order valence-corrected chi connectivity index (χ1v) is 7.50. The third-order valence-corrected chi connectivity index (χ3v) is 4.13. The van der Waals surface area contributed by atoms with E-state index in [-0.39, 0.29) is 5.56 Å². The number of nitrogens with zero attached hydrogens (tertiary/aromatic N) is 2. The van der Waals surface area contributed by atoms with Crippen LogP contribution in [0.4, 0.5) is 0 Å². The third-order valence-electron chi connectivity index (χ3n) is 4.13. The van der Waals surface area contributed by atoms with Gasteiger partial charge in [0.1, 0.15) is 5.75 Å². The summed E-state index contributed by atoms with van der Waals surface area (Å²) in [7, 11) is 0. The molecule has 1 aliphatic heterocycles. The Morgan fingerprint density at radius 3 is 3.05 bits per heavy atom. The molecule has 3 aromatic rings. The summed E-state index contributed by atoms with van der Waals surface area (Å²) in [5.74, 6) is 0.994. The standard InChI is InChI=1S/C18H16N2O2/c21-18-15-3-1-2-4-16(15)19-12-20(18)9-7-13-5-6-17-14(11-13)8-10-22-17/h1-6,11-12H,7-10H2. The second kappa shape index (κ2) is 5.30. The van der Waals surface area contributed by atoms with Crippen molar-refractivity contribution in [3.63, 3.8) is 0 Å². The van der Waals surface area contributed by atoms with Crippen LogP contribution in [0, 0.1) is 0 Å². The molecule has 0 unspecified atom stereocenters. The molecule has 0 bridgehead atoms. The van der Waals surface area contributed by atoms with E-state index in [0.717, 1.165) is 30.7 Å². The second-order valence-corrected chi connectivity index (χ2v) is 5.55. The zero-order valence-electron chi connectivity index (χ0n) is 12.2. The Morgan fingerprint density at radius 1 is 1.18 bits per heavy atom. The van der Waals surface area contributed by atoms with Gasteiger partial charge in [-0.25, -0.2) is 4.98 Å². The van der Waals surface area contributed by atoms with Crippen LogP contribution >= 0.6 is 0 Å². The fourth-order valence-electron chi connectivity index (χ4n) is 2.91. The first-order chi connectivity index (χ1) is 10.8. The highest BCUT2D eigenvalue weighted by atomic mass is 16.5. The average molecular weight is 292 g/mol. The molecule has 2 heterocycles. The zero-order chi connectivity index (χ0) is 14.9. The molecule has 0 saturated carbocycles. The van der Waals surface area contributed by atoms with Crippen molar-refractivity contribution in [1.82, 2.24) is 9.55 Å². The summed E-state index contributed by atoms with van der Waals surface area (Å²) in [6.45, 7) is 1.41. The maximum absolute atomic E-state index is 12.4. The predicted molar refractivity (Wildman–Crippen MR) is 85.3 cm³/mol. The SMILES string of the molecule is O=c1c2ccccc2ncn1CCc1ccc2c(c1)CCO2. The summed E-state index contributed by atoms with van der Waals surface area (Å²) in [5.41, 5.74) is 3.26. The third kappa shape index (κ3) is 2.26. The summed E-state index contributed by atoms with van der Waals surface area (Å²) in [5, 5.41) is 0.673. The number of ether oxygens (including phenoxy) is 1. The first-order valence-electron chi connectivity index (χ1n) is 7.50. The fourth-order valence-corrected chi connectivity index (χ4v) is 2.91. The van der Waals surface area contributed by atoms with Crippen LogP contribution in [-0.2, 0) is 19.4 Å². The lowest BCUT2D eigenvalue weighted by molar-refractivity contribution is 0.357. The van der Waals surface area contributed by atoms with Crippen LogP contribution < -0.4 is 10.3 Å². The lowest BCUT2D eigenvalue weighted by atomic mass is 10.1. The van der Waals surface area contributed by atoms with E-state index in [1.165, 1.54) is 11.1 Å². The molecular weight excluding hydrogens is 276 g/mol. The lowest BCUT2D eigenvalue weighted by Gasteiger charge is -2.08.